The average Bonchev–Trinajstić information content (AvgIpc) is 2.79. The summed E-state index contributed by atoms with van der Waals surface area (Å²) < 4.78 is 0. The van der Waals surface area contributed by atoms with Crippen LogP contribution < -0.4 is 5.56 Å². The third-order valence-corrected chi connectivity index (χ3v) is 6.03. The maximum Gasteiger partial charge on any atom is 0.254 e. The van der Waals surface area contributed by atoms with E-state index in [1.165, 1.54) is 5.56 Å². The third kappa shape index (κ3) is 5.06. The molecule has 33 heavy (non-hydrogen) atoms. The zero-order valence-corrected chi connectivity index (χ0v) is 19.7. The first-order valence-corrected chi connectivity index (χ1v) is 11.3. The second-order valence-corrected chi connectivity index (χ2v) is 9.64. The zero-order valence-electron chi connectivity index (χ0n) is 19.7. The highest BCUT2D eigenvalue weighted by Crippen LogP contribution is 2.23. The number of nitrogens with one attached hydrogen (secondary N) is 1. The Hall–Kier alpha value is -3.66. The van der Waals surface area contributed by atoms with Crippen molar-refractivity contribution < 1.29 is 4.79 Å². The number of hydrogen-bond donors (Lipinski definition) is 1. The van der Waals surface area contributed by atoms with Gasteiger partial charge < -0.3 is 9.88 Å². The van der Waals surface area contributed by atoms with Gasteiger partial charge in [-0.15, -0.1) is 0 Å². The van der Waals surface area contributed by atoms with Gasteiger partial charge in [0.25, 0.3) is 11.5 Å². The van der Waals surface area contributed by atoms with Gasteiger partial charge in [0.05, 0.1) is 12.1 Å². The molecule has 1 N–H and O–H groups in total. The zero-order chi connectivity index (χ0) is 23.6. The molecule has 4 nitrogen and oxygen atoms in total. The van der Waals surface area contributed by atoms with E-state index in [1.54, 1.807) is 4.90 Å². The van der Waals surface area contributed by atoms with Crippen LogP contribution in [0.3, 0.4) is 0 Å². The largest absolute Gasteiger partial charge is 0.330 e. The van der Waals surface area contributed by atoms with E-state index in [4.69, 9.17) is 0 Å². The fourth-order valence-electron chi connectivity index (χ4n) is 4.05. The number of carbonyl (C=O) groups is 1. The maximum absolute atomic E-state index is 13.6. The van der Waals surface area contributed by atoms with Crippen molar-refractivity contribution >= 4 is 16.8 Å². The Morgan fingerprint density at radius 3 is 2.24 bits per heavy atom. The minimum atomic E-state index is -0.161. The molecule has 168 valence electrons. The van der Waals surface area contributed by atoms with Crippen LogP contribution in [0.2, 0.25) is 0 Å². The summed E-state index contributed by atoms with van der Waals surface area (Å²) >= 11 is 0. The number of pyridine rings is 1. The lowest BCUT2D eigenvalue weighted by molar-refractivity contribution is 0.0729. The summed E-state index contributed by atoms with van der Waals surface area (Å²) in [7, 11) is 0. The molecule has 0 aliphatic heterocycles. The molecule has 1 amide bonds. The highest BCUT2D eigenvalue weighted by Gasteiger charge is 2.20. The van der Waals surface area contributed by atoms with Gasteiger partial charge in [-0.2, -0.15) is 0 Å². The van der Waals surface area contributed by atoms with E-state index >= 15 is 0 Å². The van der Waals surface area contributed by atoms with Crippen LogP contribution in [0.4, 0.5) is 0 Å². The molecule has 0 saturated heterocycles. The van der Waals surface area contributed by atoms with Crippen LogP contribution in [0.5, 0.6) is 0 Å². The quantitative estimate of drug-likeness (QED) is 0.417. The highest BCUT2D eigenvalue weighted by atomic mass is 16.2. The Morgan fingerprint density at radius 1 is 0.879 bits per heavy atom. The van der Waals surface area contributed by atoms with Crippen LogP contribution in [-0.2, 0) is 18.5 Å². The third-order valence-electron chi connectivity index (χ3n) is 6.03. The topological polar surface area (TPSA) is 53.2 Å². The second kappa shape index (κ2) is 9.07. The summed E-state index contributed by atoms with van der Waals surface area (Å²) in [4.78, 5) is 31.2. The number of aromatic amines is 1. The number of fused-ring (bicyclic) bond motifs is 1. The molecule has 0 bridgehead atoms. The summed E-state index contributed by atoms with van der Waals surface area (Å²) in [5.74, 6) is -0.0944. The molecule has 0 aliphatic rings. The van der Waals surface area contributed by atoms with Gasteiger partial charge >= 0.3 is 0 Å². The maximum atomic E-state index is 13.6. The molecule has 0 atom stereocenters. The Labute approximate surface area is 194 Å². The normalized spacial score (nSPS) is 11.5. The van der Waals surface area contributed by atoms with Gasteiger partial charge in [-0.25, -0.2) is 0 Å². The van der Waals surface area contributed by atoms with Gasteiger partial charge in [0.15, 0.2) is 0 Å². The van der Waals surface area contributed by atoms with Crippen molar-refractivity contribution in [2.45, 2.75) is 46.2 Å². The summed E-state index contributed by atoms with van der Waals surface area (Å²) in [6, 6.07) is 25.5. The first-order chi connectivity index (χ1) is 15.7. The van der Waals surface area contributed by atoms with Crippen LogP contribution in [0.25, 0.3) is 10.9 Å². The molecule has 4 aromatic rings. The Morgan fingerprint density at radius 2 is 1.58 bits per heavy atom. The molecule has 0 aliphatic carbocycles. The molecule has 0 saturated carbocycles. The second-order valence-electron chi connectivity index (χ2n) is 9.64. The summed E-state index contributed by atoms with van der Waals surface area (Å²) in [6.07, 6.45) is 0. The molecule has 1 aromatic heterocycles. The van der Waals surface area contributed by atoms with Crippen molar-refractivity contribution in [2.75, 3.05) is 0 Å². The van der Waals surface area contributed by atoms with Crippen molar-refractivity contribution in [3.63, 3.8) is 0 Å². The first-order valence-electron chi connectivity index (χ1n) is 11.3. The molecule has 0 spiro atoms. The molecule has 1 heterocycles. The number of benzene rings is 3. The van der Waals surface area contributed by atoms with E-state index in [9.17, 15) is 9.59 Å². The monoisotopic (exact) mass is 438 g/mol. The minimum absolute atomic E-state index is 0.0157. The Kier molecular flexibility index (Phi) is 6.19. The SMILES string of the molecule is Cc1cccc2cc(CN(Cc3ccccc3)C(=O)c3ccc(C(C)(C)C)cc3)c(=O)[nH]c12. The summed E-state index contributed by atoms with van der Waals surface area (Å²) in [6.45, 7) is 9.09. The number of carbonyl (C=O) groups excluding carboxylic acids is 1. The van der Waals surface area contributed by atoms with E-state index in [-0.39, 0.29) is 23.4 Å². The number of hydrogen-bond acceptors (Lipinski definition) is 2. The number of para-hydroxylation sites is 1. The Bertz CT molecular complexity index is 1330. The molecule has 0 radical (unpaired) electrons. The van der Waals surface area contributed by atoms with Crippen LogP contribution in [0, 0.1) is 6.92 Å². The number of H-pyrrole nitrogens is 1. The van der Waals surface area contributed by atoms with Crippen molar-refractivity contribution in [1.29, 1.82) is 0 Å². The highest BCUT2D eigenvalue weighted by molar-refractivity contribution is 5.94. The average molecular weight is 439 g/mol. The van der Waals surface area contributed by atoms with Gasteiger partial charge in [-0.3, -0.25) is 9.59 Å². The van der Waals surface area contributed by atoms with Crippen LogP contribution in [0.1, 0.15) is 53.4 Å². The van der Waals surface area contributed by atoms with Gasteiger partial charge in [0.1, 0.15) is 0 Å². The van der Waals surface area contributed by atoms with E-state index in [2.05, 4.69) is 25.8 Å². The number of rotatable bonds is 5. The Balaban J connectivity index is 1.69. The number of aryl methyl sites for hydroxylation is 1. The van der Waals surface area contributed by atoms with Crippen LogP contribution in [0.15, 0.2) is 83.7 Å². The van der Waals surface area contributed by atoms with Crippen LogP contribution >= 0.6 is 0 Å². The molecular formula is C29H30N2O2. The molecular weight excluding hydrogens is 408 g/mol. The van der Waals surface area contributed by atoms with E-state index < -0.39 is 0 Å². The lowest BCUT2D eigenvalue weighted by Crippen LogP contribution is -2.32. The molecule has 4 heteroatoms. The molecule has 3 aromatic carbocycles. The fraction of sp³-hybridized carbons (Fsp3) is 0.241. The van der Waals surface area contributed by atoms with Gasteiger partial charge in [0, 0.05) is 17.7 Å². The van der Waals surface area contributed by atoms with Gasteiger partial charge in [0.2, 0.25) is 0 Å². The van der Waals surface area contributed by atoms with Crippen molar-refractivity contribution in [1.82, 2.24) is 9.88 Å². The number of aromatic nitrogens is 1. The summed E-state index contributed by atoms with van der Waals surface area (Å²) in [5, 5.41) is 0.964. The number of amides is 1. The smallest absolute Gasteiger partial charge is 0.254 e. The standard InChI is InChI=1S/C29H30N2O2/c1-20-9-8-12-23-17-24(27(32)30-26(20)23)19-31(18-21-10-6-5-7-11-21)28(33)22-13-15-25(16-14-22)29(2,3)4/h5-17H,18-19H2,1-4H3,(H,30,32). The van der Waals surface area contributed by atoms with Crippen LogP contribution in [-0.4, -0.2) is 15.8 Å². The van der Waals surface area contributed by atoms with E-state index in [0.717, 1.165) is 22.0 Å². The van der Waals surface area contributed by atoms with E-state index in [0.29, 0.717) is 17.7 Å². The number of nitrogens with zero attached hydrogens (tertiary/aromatic N) is 1. The summed E-state index contributed by atoms with van der Waals surface area (Å²) in [5.41, 5.74) is 5.10. The molecule has 4 rings (SSSR count). The van der Waals surface area contributed by atoms with Gasteiger partial charge in [-0.05, 0) is 52.6 Å². The first kappa shape index (κ1) is 22.5. The predicted molar refractivity (Wildman–Crippen MR) is 134 cm³/mol. The predicted octanol–water partition coefficient (Wildman–Crippen LogP) is 5.98. The van der Waals surface area contributed by atoms with Crippen molar-refractivity contribution in [3.05, 3.63) is 117 Å². The van der Waals surface area contributed by atoms with E-state index in [1.807, 2.05) is 85.8 Å². The lowest BCUT2D eigenvalue weighted by Gasteiger charge is -2.24. The minimum Gasteiger partial charge on any atom is -0.330 e. The van der Waals surface area contributed by atoms with Gasteiger partial charge in [-0.1, -0.05) is 81.4 Å². The fourth-order valence-corrected chi connectivity index (χ4v) is 4.05. The van der Waals surface area contributed by atoms with Crippen molar-refractivity contribution in [2.24, 2.45) is 0 Å². The lowest BCUT2D eigenvalue weighted by atomic mass is 9.86. The molecule has 0 fully saturated rings. The van der Waals surface area contributed by atoms with Crippen molar-refractivity contribution in [3.8, 4) is 0 Å². The molecule has 0 unspecified atom stereocenters.